The normalized spacial score (nSPS) is 18.5. The molecular weight excluding hydrogens is 186 g/mol. The summed E-state index contributed by atoms with van der Waals surface area (Å²) in [6.45, 7) is 7.44. The number of hydrogen-bond donors (Lipinski definition) is 1. The number of hydrogen-bond acceptors (Lipinski definition) is 2. The molecule has 1 aromatic rings. The molecule has 0 radical (unpaired) electrons. The molecule has 3 nitrogen and oxygen atoms in total. The lowest BCUT2D eigenvalue weighted by Crippen LogP contribution is -2.14. The van der Waals surface area contributed by atoms with Crippen LogP contribution in [0.2, 0.25) is 0 Å². The molecule has 1 atom stereocenters. The van der Waals surface area contributed by atoms with E-state index >= 15 is 0 Å². The van der Waals surface area contributed by atoms with E-state index in [-0.39, 0.29) is 6.04 Å². The van der Waals surface area contributed by atoms with E-state index in [1.807, 2.05) is 6.92 Å². The van der Waals surface area contributed by atoms with Gasteiger partial charge in [0, 0.05) is 12.6 Å². The predicted molar refractivity (Wildman–Crippen MR) is 61.6 cm³/mol. The Kier molecular flexibility index (Phi) is 2.83. The fraction of sp³-hybridized carbons (Fsp3) is 0.750. The Labute approximate surface area is 91.7 Å². The van der Waals surface area contributed by atoms with Gasteiger partial charge in [-0.15, -0.1) is 0 Å². The van der Waals surface area contributed by atoms with Crippen LogP contribution in [-0.2, 0) is 6.54 Å². The van der Waals surface area contributed by atoms with Gasteiger partial charge in [-0.25, -0.2) is 0 Å². The molecule has 1 aliphatic rings. The van der Waals surface area contributed by atoms with Gasteiger partial charge in [-0.3, -0.25) is 4.68 Å². The standard InChI is InChI=1S/C12H21N3/c1-8(2)11-6-12(9(3)13)15(14-11)7-10-4-5-10/h6,8-10H,4-5,7,13H2,1-3H3/t9-/m0/s1. The first-order valence-corrected chi connectivity index (χ1v) is 5.91. The highest BCUT2D eigenvalue weighted by atomic mass is 15.3. The van der Waals surface area contributed by atoms with Gasteiger partial charge in [-0.1, -0.05) is 13.8 Å². The molecule has 1 aromatic heterocycles. The second-order valence-corrected chi connectivity index (χ2v) is 5.06. The zero-order valence-corrected chi connectivity index (χ0v) is 9.90. The summed E-state index contributed by atoms with van der Waals surface area (Å²) in [7, 11) is 0. The van der Waals surface area contributed by atoms with Crippen LogP contribution in [0.4, 0.5) is 0 Å². The van der Waals surface area contributed by atoms with Crippen LogP contribution in [0.15, 0.2) is 6.07 Å². The first-order chi connectivity index (χ1) is 7.08. The zero-order valence-electron chi connectivity index (χ0n) is 9.90. The summed E-state index contributed by atoms with van der Waals surface area (Å²) in [5.74, 6) is 1.34. The summed E-state index contributed by atoms with van der Waals surface area (Å²) >= 11 is 0. The highest BCUT2D eigenvalue weighted by Crippen LogP contribution is 2.31. The lowest BCUT2D eigenvalue weighted by atomic mass is 10.1. The van der Waals surface area contributed by atoms with Crippen molar-refractivity contribution in [2.24, 2.45) is 11.7 Å². The maximum absolute atomic E-state index is 5.96. The third kappa shape index (κ3) is 2.40. The van der Waals surface area contributed by atoms with E-state index in [4.69, 9.17) is 5.73 Å². The summed E-state index contributed by atoms with van der Waals surface area (Å²) in [5, 5.41) is 4.65. The van der Waals surface area contributed by atoms with Crippen LogP contribution in [0, 0.1) is 5.92 Å². The van der Waals surface area contributed by atoms with Crippen molar-refractivity contribution >= 4 is 0 Å². The number of nitrogens with two attached hydrogens (primary N) is 1. The van der Waals surface area contributed by atoms with Crippen LogP contribution in [0.25, 0.3) is 0 Å². The molecule has 0 aromatic carbocycles. The molecule has 1 aliphatic carbocycles. The van der Waals surface area contributed by atoms with Crippen molar-refractivity contribution in [3.05, 3.63) is 17.5 Å². The van der Waals surface area contributed by atoms with E-state index in [2.05, 4.69) is 29.7 Å². The molecule has 15 heavy (non-hydrogen) atoms. The van der Waals surface area contributed by atoms with E-state index in [1.54, 1.807) is 0 Å². The Morgan fingerprint density at radius 1 is 1.47 bits per heavy atom. The molecule has 0 amide bonds. The summed E-state index contributed by atoms with van der Waals surface area (Å²) in [4.78, 5) is 0. The minimum absolute atomic E-state index is 0.0868. The van der Waals surface area contributed by atoms with Crippen molar-refractivity contribution in [1.82, 2.24) is 9.78 Å². The second kappa shape index (κ2) is 3.97. The molecule has 0 spiro atoms. The molecule has 2 N–H and O–H groups in total. The van der Waals surface area contributed by atoms with Gasteiger partial charge in [0.25, 0.3) is 0 Å². The number of nitrogens with zero attached hydrogens (tertiary/aromatic N) is 2. The van der Waals surface area contributed by atoms with Gasteiger partial charge in [-0.2, -0.15) is 5.10 Å². The van der Waals surface area contributed by atoms with E-state index in [9.17, 15) is 0 Å². The molecule has 1 fully saturated rings. The molecule has 3 heteroatoms. The Morgan fingerprint density at radius 3 is 2.60 bits per heavy atom. The third-order valence-corrected chi connectivity index (χ3v) is 3.02. The molecule has 0 aliphatic heterocycles. The number of rotatable bonds is 4. The van der Waals surface area contributed by atoms with Crippen LogP contribution >= 0.6 is 0 Å². The van der Waals surface area contributed by atoms with Crippen LogP contribution in [0.3, 0.4) is 0 Å². The van der Waals surface area contributed by atoms with Crippen molar-refractivity contribution in [2.45, 2.75) is 52.1 Å². The SMILES string of the molecule is CC(C)c1cc([C@H](C)N)n(CC2CC2)n1. The zero-order chi connectivity index (χ0) is 11.0. The maximum Gasteiger partial charge on any atom is 0.0653 e. The van der Waals surface area contributed by atoms with Gasteiger partial charge in [0.05, 0.1) is 11.4 Å². The van der Waals surface area contributed by atoms with E-state index in [1.165, 1.54) is 24.2 Å². The maximum atomic E-state index is 5.96. The van der Waals surface area contributed by atoms with Crippen molar-refractivity contribution in [2.75, 3.05) is 0 Å². The largest absolute Gasteiger partial charge is 0.323 e. The van der Waals surface area contributed by atoms with Crippen molar-refractivity contribution in [1.29, 1.82) is 0 Å². The van der Waals surface area contributed by atoms with Crippen LogP contribution in [0.1, 0.15) is 57.0 Å². The van der Waals surface area contributed by atoms with Crippen molar-refractivity contribution in [3.63, 3.8) is 0 Å². The van der Waals surface area contributed by atoms with E-state index < -0.39 is 0 Å². The fourth-order valence-electron chi connectivity index (χ4n) is 1.79. The van der Waals surface area contributed by atoms with Gasteiger partial charge in [-0.05, 0) is 37.7 Å². The second-order valence-electron chi connectivity index (χ2n) is 5.06. The molecule has 0 bridgehead atoms. The van der Waals surface area contributed by atoms with Crippen molar-refractivity contribution in [3.8, 4) is 0 Å². The predicted octanol–water partition coefficient (Wildman–Crippen LogP) is 2.44. The van der Waals surface area contributed by atoms with Crippen LogP contribution in [-0.4, -0.2) is 9.78 Å². The average Bonchev–Trinajstić information content (AvgIpc) is 2.82. The first-order valence-electron chi connectivity index (χ1n) is 5.91. The highest BCUT2D eigenvalue weighted by molar-refractivity contribution is 5.16. The minimum Gasteiger partial charge on any atom is -0.323 e. The fourth-order valence-corrected chi connectivity index (χ4v) is 1.79. The topological polar surface area (TPSA) is 43.8 Å². The van der Waals surface area contributed by atoms with Gasteiger partial charge < -0.3 is 5.73 Å². The molecule has 1 heterocycles. The minimum atomic E-state index is 0.0868. The summed E-state index contributed by atoms with van der Waals surface area (Å²) in [5.41, 5.74) is 8.32. The van der Waals surface area contributed by atoms with Gasteiger partial charge in [0.2, 0.25) is 0 Å². The lowest BCUT2D eigenvalue weighted by Gasteiger charge is -2.08. The molecule has 84 valence electrons. The lowest BCUT2D eigenvalue weighted by molar-refractivity contribution is 0.516. The molecule has 0 saturated heterocycles. The quantitative estimate of drug-likeness (QED) is 0.824. The first kappa shape index (κ1) is 10.7. The molecule has 1 saturated carbocycles. The molecular formula is C12H21N3. The Hall–Kier alpha value is -0.830. The Balaban J connectivity index is 2.23. The highest BCUT2D eigenvalue weighted by Gasteiger charge is 2.24. The third-order valence-electron chi connectivity index (χ3n) is 3.02. The van der Waals surface area contributed by atoms with Crippen LogP contribution in [0.5, 0.6) is 0 Å². The van der Waals surface area contributed by atoms with Crippen molar-refractivity contribution < 1.29 is 0 Å². The Bertz CT molecular complexity index is 335. The molecule has 0 unspecified atom stereocenters. The molecule has 2 rings (SSSR count). The number of aromatic nitrogens is 2. The monoisotopic (exact) mass is 207 g/mol. The van der Waals surface area contributed by atoms with E-state index in [0.29, 0.717) is 5.92 Å². The van der Waals surface area contributed by atoms with E-state index in [0.717, 1.165) is 12.5 Å². The average molecular weight is 207 g/mol. The summed E-state index contributed by atoms with van der Waals surface area (Å²) in [6.07, 6.45) is 2.71. The van der Waals surface area contributed by atoms with Crippen LogP contribution < -0.4 is 5.73 Å². The van der Waals surface area contributed by atoms with Gasteiger partial charge in [0.15, 0.2) is 0 Å². The summed E-state index contributed by atoms with van der Waals surface area (Å²) < 4.78 is 2.12. The Morgan fingerprint density at radius 2 is 2.13 bits per heavy atom. The summed E-state index contributed by atoms with van der Waals surface area (Å²) in [6, 6.07) is 2.25. The van der Waals surface area contributed by atoms with Gasteiger partial charge >= 0.3 is 0 Å². The smallest absolute Gasteiger partial charge is 0.0653 e. The van der Waals surface area contributed by atoms with Gasteiger partial charge in [0.1, 0.15) is 0 Å².